The Morgan fingerprint density at radius 2 is 1.45 bits per heavy atom. The second-order valence-corrected chi connectivity index (χ2v) is 8.37. The van der Waals surface area contributed by atoms with Gasteiger partial charge in [-0.3, -0.25) is 0 Å². The molecule has 3 unspecified atom stereocenters. The molecule has 0 aromatic heterocycles. The van der Waals surface area contributed by atoms with Gasteiger partial charge in [0.2, 0.25) is 0 Å². The third kappa shape index (κ3) is 2.62. The van der Waals surface area contributed by atoms with Crippen molar-refractivity contribution in [2.45, 2.75) is 88.6 Å². The molecule has 0 aromatic rings. The van der Waals surface area contributed by atoms with Crippen LogP contribution in [0.2, 0.25) is 18.0 Å². The van der Waals surface area contributed by atoms with Crippen LogP contribution in [0.4, 0.5) is 0 Å². The lowest BCUT2D eigenvalue weighted by Crippen LogP contribution is -2.25. The smallest absolute Gasteiger partial charge is 0.0851 e. The van der Waals surface area contributed by atoms with E-state index < -0.39 is 0 Å². The fourth-order valence-corrected chi connectivity index (χ4v) is 6.26. The van der Waals surface area contributed by atoms with Crippen LogP contribution in [-0.4, -0.2) is 6.71 Å². The molecule has 20 heavy (non-hydrogen) atoms. The molecule has 2 bridgehead atoms. The Morgan fingerprint density at radius 1 is 0.800 bits per heavy atom. The standard InChI is InChI=1S/C19H31B/c1-2-6-18(5-1)20(19-7-3-4-8-19)12-11-17-14-15-9-10-16(17)13-15/h9-10,15-19H,1-8,11-14H2. The zero-order valence-corrected chi connectivity index (χ0v) is 13.1. The quantitative estimate of drug-likeness (QED) is 0.426. The summed E-state index contributed by atoms with van der Waals surface area (Å²) < 4.78 is 0. The monoisotopic (exact) mass is 270 g/mol. The molecule has 0 aliphatic heterocycles. The molecule has 0 radical (unpaired) electrons. The number of hydrogen-bond donors (Lipinski definition) is 0. The first-order valence-corrected chi connectivity index (χ1v) is 9.58. The normalized spacial score (nSPS) is 37.3. The second-order valence-electron chi connectivity index (χ2n) is 8.37. The molecule has 4 rings (SSSR count). The van der Waals surface area contributed by atoms with Crippen molar-refractivity contribution < 1.29 is 0 Å². The van der Waals surface area contributed by atoms with Crippen molar-refractivity contribution in [3.05, 3.63) is 12.2 Å². The summed E-state index contributed by atoms with van der Waals surface area (Å²) in [5.74, 6) is 5.25. The molecular formula is C19H31B. The second kappa shape index (κ2) is 5.89. The molecule has 3 saturated carbocycles. The minimum Gasteiger partial charge on any atom is -0.0851 e. The molecule has 3 fully saturated rings. The van der Waals surface area contributed by atoms with Crippen molar-refractivity contribution in [3.63, 3.8) is 0 Å². The molecule has 0 amide bonds. The van der Waals surface area contributed by atoms with Crippen molar-refractivity contribution in [1.82, 2.24) is 0 Å². The maximum absolute atomic E-state index is 2.55. The molecule has 3 atom stereocenters. The van der Waals surface area contributed by atoms with Gasteiger partial charge in [-0.1, -0.05) is 87.9 Å². The topological polar surface area (TPSA) is 0 Å². The fraction of sp³-hybridized carbons (Fsp3) is 0.895. The predicted molar refractivity (Wildman–Crippen MR) is 88.5 cm³/mol. The van der Waals surface area contributed by atoms with E-state index in [1.54, 1.807) is 38.4 Å². The highest BCUT2D eigenvalue weighted by atomic mass is 14.4. The molecule has 0 saturated heterocycles. The first kappa shape index (κ1) is 13.5. The van der Waals surface area contributed by atoms with Gasteiger partial charge in [-0.15, -0.1) is 0 Å². The molecule has 0 nitrogen and oxygen atoms in total. The maximum Gasteiger partial charge on any atom is 0.146 e. The summed E-state index contributed by atoms with van der Waals surface area (Å²) in [6, 6.07) is 0. The van der Waals surface area contributed by atoms with Gasteiger partial charge >= 0.3 is 0 Å². The van der Waals surface area contributed by atoms with E-state index in [9.17, 15) is 0 Å². The van der Waals surface area contributed by atoms with E-state index in [0.717, 1.165) is 36.1 Å². The average molecular weight is 270 g/mol. The largest absolute Gasteiger partial charge is 0.146 e. The van der Waals surface area contributed by atoms with E-state index in [4.69, 9.17) is 0 Å². The molecule has 4 aliphatic carbocycles. The van der Waals surface area contributed by atoms with Gasteiger partial charge in [-0.25, -0.2) is 0 Å². The summed E-state index contributed by atoms with van der Waals surface area (Å²) in [4.78, 5) is 0. The van der Waals surface area contributed by atoms with Crippen LogP contribution in [0.15, 0.2) is 12.2 Å². The molecule has 4 aliphatic rings. The van der Waals surface area contributed by atoms with Crippen molar-refractivity contribution in [2.24, 2.45) is 17.8 Å². The summed E-state index contributed by atoms with van der Waals surface area (Å²) in [5, 5.41) is 0. The Bertz CT molecular complexity index is 333. The fourth-order valence-electron chi connectivity index (χ4n) is 6.26. The molecule has 0 N–H and O–H groups in total. The van der Waals surface area contributed by atoms with Crippen LogP contribution in [0, 0.1) is 17.8 Å². The van der Waals surface area contributed by atoms with Crippen molar-refractivity contribution in [3.8, 4) is 0 Å². The molecule has 1 heteroatoms. The van der Waals surface area contributed by atoms with Crippen molar-refractivity contribution in [2.75, 3.05) is 0 Å². The highest BCUT2D eigenvalue weighted by molar-refractivity contribution is 6.62. The number of fused-ring (bicyclic) bond motifs is 2. The minimum absolute atomic E-state index is 0.974. The first-order chi connectivity index (χ1) is 9.90. The average Bonchev–Trinajstić information content (AvgIpc) is 3.25. The summed E-state index contributed by atoms with van der Waals surface area (Å²) >= 11 is 0. The molecule has 0 heterocycles. The Balaban J connectivity index is 1.36. The van der Waals surface area contributed by atoms with Gasteiger partial charge in [0.05, 0.1) is 0 Å². The first-order valence-electron chi connectivity index (χ1n) is 9.58. The van der Waals surface area contributed by atoms with E-state index in [1.165, 1.54) is 38.5 Å². The Morgan fingerprint density at radius 3 is 1.95 bits per heavy atom. The van der Waals surface area contributed by atoms with E-state index >= 15 is 0 Å². The summed E-state index contributed by atoms with van der Waals surface area (Å²) in [5.41, 5.74) is 0. The van der Waals surface area contributed by atoms with Gasteiger partial charge in [0.25, 0.3) is 0 Å². The lowest BCUT2D eigenvalue weighted by Gasteiger charge is -2.28. The zero-order valence-electron chi connectivity index (χ0n) is 13.1. The van der Waals surface area contributed by atoms with Gasteiger partial charge in [0.15, 0.2) is 0 Å². The molecule has 110 valence electrons. The van der Waals surface area contributed by atoms with E-state index in [0.29, 0.717) is 0 Å². The number of rotatable bonds is 5. The molecule has 0 aromatic carbocycles. The van der Waals surface area contributed by atoms with Crippen LogP contribution in [-0.2, 0) is 0 Å². The van der Waals surface area contributed by atoms with Crippen LogP contribution < -0.4 is 0 Å². The van der Waals surface area contributed by atoms with Crippen LogP contribution in [0.5, 0.6) is 0 Å². The van der Waals surface area contributed by atoms with Crippen LogP contribution in [0.3, 0.4) is 0 Å². The lowest BCUT2D eigenvalue weighted by atomic mass is 9.31. The van der Waals surface area contributed by atoms with Gasteiger partial charge in [-0.2, -0.15) is 0 Å². The number of allylic oxidation sites excluding steroid dienone is 2. The van der Waals surface area contributed by atoms with Gasteiger partial charge in [0.1, 0.15) is 6.71 Å². The van der Waals surface area contributed by atoms with Crippen LogP contribution >= 0.6 is 0 Å². The Kier molecular flexibility index (Phi) is 3.97. The van der Waals surface area contributed by atoms with E-state index in [-0.39, 0.29) is 0 Å². The highest BCUT2D eigenvalue weighted by Crippen LogP contribution is 2.49. The third-order valence-electron chi connectivity index (χ3n) is 7.30. The third-order valence-corrected chi connectivity index (χ3v) is 7.30. The summed E-state index contributed by atoms with van der Waals surface area (Å²) in [6.45, 7) is 1.11. The molecule has 0 spiro atoms. The SMILES string of the molecule is C1=CC2CC1CC2CCB(C1CCCC1)C1CCCC1. The minimum atomic E-state index is 0.974. The van der Waals surface area contributed by atoms with E-state index in [1.807, 2.05) is 0 Å². The molecular weight excluding hydrogens is 239 g/mol. The lowest BCUT2D eigenvalue weighted by molar-refractivity contribution is 0.431. The van der Waals surface area contributed by atoms with Crippen molar-refractivity contribution in [1.29, 1.82) is 0 Å². The van der Waals surface area contributed by atoms with Crippen LogP contribution in [0.1, 0.15) is 70.6 Å². The van der Waals surface area contributed by atoms with Gasteiger partial charge in [0, 0.05) is 0 Å². The summed E-state index contributed by atoms with van der Waals surface area (Å²) in [6.07, 6.45) is 23.6. The zero-order chi connectivity index (χ0) is 13.4. The predicted octanol–water partition coefficient (Wildman–Crippen LogP) is 5.97. The van der Waals surface area contributed by atoms with Gasteiger partial charge < -0.3 is 0 Å². The summed E-state index contributed by atoms with van der Waals surface area (Å²) in [7, 11) is 0. The van der Waals surface area contributed by atoms with Crippen LogP contribution in [0.25, 0.3) is 0 Å². The Hall–Kier alpha value is -0.195. The maximum atomic E-state index is 2.55. The Labute approximate surface area is 125 Å². The number of hydrogen-bond acceptors (Lipinski definition) is 0. The van der Waals surface area contributed by atoms with E-state index in [2.05, 4.69) is 12.2 Å². The highest BCUT2D eigenvalue weighted by Gasteiger charge is 2.39. The van der Waals surface area contributed by atoms with Crippen molar-refractivity contribution >= 4 is 6.71 Å². The van der Waals surface area contributed by atoms with Gasteiger partial charge in [-0.05, 0) is 30.6 Å².